The highest BCUT2D eigenvalue weighted by Crippen LogP contribution is 2.27. The number of piperidine rings is 1. The van der Waals surface area contributed by atoms with Crippen LogP contribution in [0.1, 0.15) is 24.3 Å². The Morgan fingerprint density at radius 3 is 3.00 bits per heavy atom. The molecule has 1 aliphatic rings. The Hall–Kier alpha value is -0.410. The number of rotatable bonds is 1. The molecule has 0 amide bonds. The molecule has 14 heavy (non-hydrogen) atoms. The Kier molecular flexibility index (Phi) is 3.19. The van der Waals surface area contributed by atoms with Crippen LogP contribution in [0.5, 0.6) is 0 Å². The molecule has 1 heterocycles. The molecule has 0 radical (unpaired) electrons. The van der Waals surface area contributed by atoms with Crippen molar-refractivity contribution in [3.05, 3.63) is 34.1 Å². The van der Waals surface area contributed by atoms with E-state index in [1.54, 1.807) is 6.07 Å². The zero-order valence-electron chi connectivity index (χ0n) is 7.89. The predicted octanol–water partition coefficient (Wildman–Crippen LogP) is 3.06. The van der Waals surface area contributed by atoms with E-state index in [4.69, 9.17) is 0 Å². The summed E-state index contributed by atoms with van der Waals surface area (Å²) in [6, 6.07) is 5.18. The van der Waals surface area contributed by atoms with E-state index in [1.807, 2.05) is 6.07 Å². The van der Waals surface area contributed by atoms with Gasteiger partial charge in [-0.2, -0.15) is 0 Å². The van der Waals surface area contributed by atoms with Crippen LogP contribution in [-0.2, 0) is 0 Å². The first-order valence-electron chi connectivity index (χ1n) is 4.93. The van der Waals surface area contributed by atoms with Crippen molar-refractivity contribution in [2.75, 3.05) is 13.1 Å². The second-order valence-corrected chi connectivity index (χ2v) is 4.62. The lowest BCUT2D eigenvalue weighted by Crippen LogP contribution is -2.28. The number of halogens is 2. The monoisotopic (exact) mass is 257 g/mol. The van der Waals surface area contributed by atoms with Crippen molar-refractivity contribution in [1.29, 1.82) is 0 Å². The molecular weight excluding hydrogens is 245 g/mol. The highest BCUT2D eigenvalue weighted by Gasteiger charge is 2.18. The van der Waals surface area contributed by atoms with Crippen molar-refractivity contribution in [2.24, 2.45) is 0 Å². The quantitative estimate of drug-likeness (QED) is 0.816. The van der Waals surface area contributed by atoms with Gasteiger partial charge in [-0.05, 0) is 49.1 Å². The van der Waals surface area contributed by atoms with E-state index in [0.717, 1.165) is 36.0 Å². The van der Waals surface area contributed by atoms with Gasteiger partial charge in [-0.3, -0.25) is 0 Å². The van der Waals surface area contributed by atoms with Crippen LogP contribution >= 0.6 is 15.9 Å². The molecule has 1 saturated heterocycles. The number of hydrogen-bond acceptors (Lipinski definition) is 1. The first-order valence-corrected chi connectivity index (χ1v) is 5.72. The van der Waals surface area contributed by atoms with Gasteiger partial charge in [0.05, 0.1) is 0 Å². The van der Waals surface area contributed by atoms with Gasteiger partial charge in [0, 0.05) is 11.0 Å². The van der Waals surface area contributed by atoms with Gasteiger partial charge in [0.1, 0.15) is 5.82 Å². The topological polar surface area (TPSA) is 12.0 Å². The van der Waals surface area contributed by atoms with Crippen molar-refractivity contribution >= 4 is 15.9 Å². The second kappa shape index (κ2) is 4.41. The van der Waals surface area contributed by atoms with Crippen LogP contribution in [-0.4, -0.2) is 13.1 Å². The Balaban J connectivity index is 2.24. The standard InChI is InChI=1S/C11H13BrFN/c12-9-3-4-11(13)10(6-9)8-2-1-5-14-7-8/h3-4,6,8,14H,1-2,5,7H2. The maximum Gasteiger partial charge on any atom is 0.126 e. The Labute approximate surface area is 91.8 Å². The minimum atomic E-state index is -0.0816. The van der Waals surface area contributed by atoms with Gasteiger partial charge in [0.2, 0.25) is 0 Å². The van der Waals surface area contributed by atoms with Gasteiger partial charge in [-0.25, -0.2) is 4.39 Å². The molecule has 0 bridgehead atoms. The molecule has 3 heteroatoms. The molecule has 0 saturated carbocycles. The van der Waals surface area contributed by atoms with Crippen molar-refractivity contribution in [3.63, 3.8) is 0 Å². The molecule has 1 N–H and O–H groups in total. The van der Waals surface area contributed by atoms with Crippen LogP contribution in [0, 0.1) is 5.82 Å². The summed E-state index contributed by atoms with van der Waals surface area (Å²) >= 11 is 3.38. The largest absolute Gasteiger partial charge is 0.316 e. The van der Waals surface area contributed by atoms with E-state index >= 15 is 0 Å². The fraction of sp³-hybridized carbons (Fsp3) is 0.455. The van der Waals surface area contributed by atoms with Crippen LogP contribution in [0.15, 0.2) is 22.7 Å². The third kappa shape index (κ3) is 2.15. The summed E-state index contributed by atoms with van der Waals surface area (Å²) in [4.78, 5) is 0. The average molecular weight is 258 g/mol. The molecule has 0 spiro atoms. The average Bonchev–Trinajstić information content (AvgIpc) is 2.23. The number of benzene rings is 1. The number of nitrogens with one attached hydrogen (secondary N) is 1. The lowest BCUT2D eigenvalue weighted by molar-refractivity contribution is 0.446. The SMILES string of the molecule is Fc1ccc(Br)cc1C1CCCNC1. The lowest BCUT2D eigenvalue weighted by Gasteiger charge is -2.23. The molecule has 1 nitrogen and oxygen atoms in total. The smallest absolute Gasteiger partial charge is 0.126 e. The first-order chi connectivity index (χ1) is 6.77. The van der Waals surface area contributed by atoms with Crippen LogP contribution in [0.25, 0.3) is 0 Å². The molecule has 1 aromatic carbocycles. The summed E-state index contributed by atoms with van der Waals surface area (Å²) in [5.41, 5.74) is 0.839. The van der Waals surface area contributed by atoms with Crippen molar-refractivity contribution in [1.82, 2.24) is 5.32 Å². The maximum absolute atomic E-state index is 13.5. The van der Waals surface area contributed by atoms with Gasteiger partial charge in [-0.15, -0.1) is 0 Å². The predicted molar refractivity (Wildman–Crippen MR) is 58.9 cm³/mol. The van der Waals surface area contributed by atoms with E-state index in [0.29, 0.717) is 5.92 Å². The Morgan fingerprint density at radius 2 is 2.29 bits per heavy atom. The van der Waals surface area contributed by atoms with Crippen LogP contribution in [0.4, 0.5) is 4.39 Å². The van der Waals surface area contributed by atoms with E-state index in [-0.39, 0.29) is 5.82 Å². The molecular formula is C11H13BrFN. The summed E-state index contributed by atoms with van der Waals surface area (Å²) in [5.74, 6) is 0.253. The van der Waals surface area contributed by atoms with E-state index < -0.39 is 0 Å². The minimum Gasteiger partial charge on any atom is -0.316 e. The summed E-state index contributed by atoms with van der Waals surface area (Å²) in [7, 11) is 0. The Bertz CT molecular complexity index is 321. The van der Waals surface area contributed by atoms with Gasteiger partial charge >= 0.3 is 0 Å². The first kappa shape index (κ1) is 10.1. The minimum absolute atomic E-state index is 0.0816. The number of hydrogen-bond donors (Lipinski definition) is 1. The molecule has 1 atom stereocenters. The molecule has 2 rings (SSSR count). The normalized spacial score (nSPS) is 22.3. The van der Waals surface area contributed by atoms with E-state index in [2.05, 4.69) is 21.2 Å². The van der Waals surface area contributed by atoms with Crippen molar-refractivity contribution < 1.29 is 4.39 Å². The summed E-state index contributed by atoms with van der Waals surface area (Å²) in [6.07, 6.45) is 2.22. The molecule has 1 fully saturated rings. The maximum atomic E-state index is 13.5. The van der Waals surface area contributed by atoms with Gasteiger partial charge in [0.15, 0.2) is 0 Å². The van der Waals surface area contributed by atoms with Crippen LogP contribution < -0.4 is 5.32 Å². The second-order valence-electron chi connectivity index (χ2n) is 3.71. The summed E-state index contributed by atoms with van der Waals surface area (Å²) in [5, 5.41) is 3.30. The van der Waals surface area contributed by atoms with Crippen molar-refractivity contribution in [3.8, 4) is 0 Å². The highest BCUT2D eigenvalue weighted by atomic mass is 79.9. The molecule has 1 aliphatic heterocycles. The molecule has 0 aromatic heterocycles. The third-order valence-corrected chi connectivity index (χ3v) is 3.19. The highest BCUT2D eigenvalue weighted by molar-refractivity contribution is 9.10. The fourth-order valence-electron chi connectivity index (χ4n) is 1.94. The third-order valence-electron chi connectivity index (χ3n) is 2.69. The van der Waals surface area contributed by atoms with E-state index in [1.165, 1.54) is 6.07 Å². The molecule has 76 valence electrons. The van der Waals surface area contributed by atoms with Gasteiger partial charge in [-0.1, -0.05) is 15.9 Å². The zero-order valence-corrected chi connectivity index (χ0v) is 9.48. The fourth-order valence-corrected chi connectivity index (χ4v) is 2.32. The van der Waals surface area contributed by atoms with Crippen LogP contribution in [0.3, 0.4) is 0 Å². The summed E-state index contributed by atoms with van der Waals surface area (Å²) < 4.78 is 14.5. The molecule has 0 aliphatic carbocycles. The van der Waals surface area contributed by atoms with Crippen molar-refractivity contribution in [2.45, 2.75) is 18.8 Å². The lowest BCUT2D eigenvalue weighted by atomic mass is 9.91. The van der Waals surface area contributed by atoms with E-state index in [9.17, 15) is 4.39 Å². The van der Waals surface area contributed by atoms with Crippen LogP contribution in [0.2, 0.25) is 0 Å². The van der Waals surface area contributed by atoms with Gasteiger partial charge in [0.25, 0.3) is 0 Å². The Morgan fingerprint density at radius 1 is 1.43 bits per heavy atom. The molecule has 1 aromatic rings. The summed E-state index contributed by atoms with van der Waals surface area (Å²) in [6.45, 7) is 1.96. The zero-order chi connectivity index (χ0) is 9.97. The van der Waals surface area contributed by atoms with Gasteiger partial charge < -0.3 is 5.32 Å². The molecule has 1 unspecified atom stereocenters.